The first-order chi connectivity index (χ1) is 12.7. The Bertz CT molecular complexity index is 970. The van der Waals surface area contributed by atoms with Crippen LogP contribution in [0.15, 0.2) is 36.7 Å². The largest absolute Gasteiger partial charge is 0.287 e. The van der Waals surface area contributed by atoms with Gasteiger partial charge in [-0.15, -0.1) is 0 Å². The van der Waals surface area contributed by atoms with Gasteiger partial charge in [0, 0.05) is 17.8 Å². The molecule has 0 aliphatic carbocycles. The van der Waals surface area contributed by atoms with Crippen molar-refractivity contribution < 1.29 is 9.85 Å². The van der Waals surface area contributed by atoms with Gasteiger partial charge in [-0.25, -0.2) is 14.6 Å². The molecule has 0 saturated carbocycles. The molecule has 0 spiro atoms. The van der Waals surface area contributed by atoms with Crippen molar-refractivity contribution in [3.63, 3.8) is 0 Å². The Hall–Kier alpha value is -3.40. The summed E-state index contributed by atoms with van der Waals surface area (Å²) < 4.78 is 1.69. The first-order valence-electron chi connectivity index (χ1n) is 7.60. The standard InChI is InChI=1S/C11H12N4O2.C5H3ClN2O2/c1-7-8(2)13-14(9(7)3)11-5-4-10(6-12-11)15(16)17;6-5-2-1-4(3-7-5)8(9)10/h4-6H,1-3H3;1-3H. The van der Waals surface area contributed by atoms with E-state index in [1.54, 1.807) is 10.7 Å². The third-order valence-electron chi connectivity index (χ3n) is 3.74. The van der Waals surface area contributed by atoms with Crippen molar-refractivity contribution in [3.8, 4) is 5.82 Å². The van der Waals surface area contributed by atoms with Crippen LogP contribution in [-0.4, -0.2) is 29.6 Å². The van der Waals surface area contributed by atoms with E-state index in [-0.39, 0.29) is 16.5 Å². The van der Waals surface area contributed by atoms with E-state index in [0.717, 1.165) is 23.1 Å². The molecule has 0 N–H and O–H groups in total. The van der Waals surface area contributed by atoms with Crippen LogP contribution in [0.4, 0.5) is 11.4 Å². The molecule has 0 aromatic carbocycles. The SMILES string of the molecule is Cc1nn(-c2ccc([N+](=O)[O-])cn2)c(C)c1C.O=[N+]([O-])c1ccc(Cl)nc1. The van der Waals surface area contributed by atoms with E-state index < -0.39 is 9.85 Å². The highest BCUT2D eigenvalue weighted by molar-refractivity contribution is 6.29. The molecule has 27 heavy (non-hydrogen) atoms. The maximum atomic E-state index is 10.5. The topological polar surface area (TPSA) is 130 Å². The Balaban J connectivity index is 0.000000223. The Morgan fingerprint density at radius 1 is 0.926 bits per heavy atom. The van der Waals surface area contributed by atoms with Crippen molar-refractivity contribution in [2.45, 2.75) is 20.8 Å². The molecule has 3 aromatic heterocycles. The Kier molecular flexibility index (Phi) is 6.14. The molecule has 0 saturated heterocycles. The predicted molar refractivity (Wildman–Crippen MR) is 98.1 cm³/mol. The number of nitrogens with zero attached hydrogens (tertiary/aromatic N) is 6. The van der Waals surface area contributed by atoms with Gasteiger partial charge in [-0.05, 0) is 38.5 Å². The quantitative estimate of drug-likeness (QED) is 0.378. The lowest BCUT2D eigenvalue weighted by atomic mass is 10.2. The number of nitro groups is 2. The van der Waals surface area contributed by atoms with E-state index in [0.29, 0.717) is 5.82 Å². The summed E-state index contributed by atoms with van der Waals surface area (Å²) in [4.78, 5) is 27.1. The summed E-state index contributed by atoms with van der Waals surface area (Å²) in [6.45, 7) is 5.85. The van der Waals surface area contributed by atoms with Gasteiger partial charge in [-0.3, -0.25) is 20.2 Å². The number of aromatic nitrogens is 4. The number of aryl methyl sites for hydroxylation is 1. The summed E-state index contributed by atoms with van der Waals surface area (Å²) in [6, 6.07) is 5.69. The van der Waals surface area contributed by atoms with Crippen molar-refractivity contribution in [3.05, 3.63) is 79.0 Å². The fourth-order valence-corrected chi connectivity index (χ4v) is 2.14. The number of hydrogen-bond donors (Lipinski definition) is 0. The smallest absolute Gasteiger partial charge is 0.258 e. The second-order valence-corrected chi connectivity index (χ2v) is 5.82. The summed E-state index contributed by atoms with van der Waals surface area (Å²) in [6.07, 6.45) is 2.35. The Morgan fingerprint density at radius 3 is 1.85 bits per heavy atom. The van der Waals surface area contributed by atoms with Crippen LogP contribution in [0, 0.1) is 41.0 Å². The molecule has 0 aliphatic rings. The predicted octanol–water partition coefficient (Wildman–Crippen LogP) is 3.74. The van der Waals surface area contributed by atoms with Crippen LogP contribution in [-0.2, 0) is 0 Å². The highest BCUT2D eigenvalue weighted by atomic mass is 35.5. The van der Waals surface area contributed by atoms with E-state index in [4.69, 9.17) is 11.6 Å². The molecule has 0 bridgehead atoms. The van der Waals surface area contributed by atoms with E-state index >= 15 is 0 Å². The number of halogens is 1. The van der Waals surface area contributed by atoms with Gasteiger partial charge in [0.1, 0.15) is 17.5 Å². The van der Waals surface area contributed by atoms with Crippen molar-refractivity contribution in [2.75, 3.05) is 0 Å². The fraction of sp³-hybridized carbons (Fsp3) is 0.188. The average molecular weight is 391 g/mol. The third kappa shape index (κ3) is 4.82. The molecule has 3 heterocycles. The summed E-state index contributed by atoms with van der Waals surface area (Å²) in [7, 11) is 0. The van der Waals surface area contributed by atoms with Crippen LogP contribution in [0.1, 0.15) is 17.0 Å². The third-order valence-corrected chi connectivity index (χ3v) is 3.96. The van der Waals surface area contributed by atoms with Crippen LogP contribution < -0.4 is 0 Å². The summed E-state index contributed by atoms with van der Waals surface area (Å²) >= 11 is 5.38. The van der Waals surface area contributed by atoms with Crippen molar-refractivity contribution in [1.82, 2.24) is 19.7 Å². The normalized spacial score (nSPS) is 10.1. The first-order valence-corrected chi connectivity index (χ1v) is 7.98. The first kappa shape index (κ1) is 19.9. The zero-order valence-corrected chi connectivity index (χ0v) is 15.4. The zero-order valence-electron chi connectivity index (χ0n) is 14.7. The lowest BCUT2D eigenvalue weighted by Crippen LogP contribution is -2.02. The Labute approximate surface area is 158 Å². The van der Waals surface area contributed by atoms with E-state index in [1.165, 1.54) is 24.4 Å². The lowest BCUT2D eigenvalue weighted by Gasteiger charge is -2.02. The van der Waals surface area contributed by atoms with Gasteiger partial charge in [-0.1, -0.05) is 11.6 Å². The minimum absolute atomic E-state index is 0.0213. The second kappa shape index (κ2) is 8.32. The number of hydrogen-bond acceptors (Lipinski definition) is 7. The molecule has 140 valence electrons. The second-order valence-electron chi connectivity index (χ2n) is 5.44. The van der Waals surface area contributed by atoms with E-state index in [2.05, 4.69) is 15.1 Å². The fourth-order valence-electron chi connectivity index (χ4n) is 2.03. The zero-order chi connectivity index (χ0) is 20.1. The molecule has 11 heteroatoms. The molecule has 10 nitrogen and oxygen atoms in total. The van der Waals surface area contributed by atoms with Crippen LogP contribution >= 0.6 is 11.6 Å². The van der Waals surface area contributed by atoms with Gasteiger partial charge >= 0.3 is 0 Å². The molecule has 0 aliphatic heterocycles. The summed E-state index contributed by atoms with van der Waals surface area (Å²) in [5.74, 6) is 0.587. The molecule has 0 unspecified atom stereocenters. The highest BCUT2D eigenvalue weighted by Gasteiger charge is 2.11. The van der Waals surface area contributed by atoms with Gasteiger partial charge in [0.05, 0.1) is 15.5 Å². The van der Waals surface area contributed by atoms with Gasteiger partial charge in [0.2, 0.25) is 0 Å². The minimum atomic E-state index is -0.524. The Morgan fingerprint density at radius 2 is 1.48 bits per heavy atom. The monoisotopic (exact) mass is 390 g/mol. The molecule has 3 rings (SSSR count). The van der Waals surface area contributed by atoms with E-state index in [1.807, 2.05) is 20.8 Å². The maximum absolute atomic E-state index is 10.5. The van der Waals surface area contributed by atoms with Crippen molar-refractivity contribution in [2.24, 2.45) is 0 Å². The van der Waals surface area contributed by atoms with E-state index in [9.17, 15) is 20.2 Å². The lowest BCUT2D eigenvalue weighted by molar-refractivity contribution is -0.385. The van der Waals surface area contributed by atoms with Gasteiger partial charge in [0.15, 0.2) is 5.82 Å². The molecule has 0 atom stereocenters. The van der Waals surface area contributed by atoms with Crippen LogP contribution in [0.25, 0.3) is 5.82 Å². The highest BCUT2D eigenvalue weighted by Crippen LogP contribution is 2.17. The van der Waals surface area contributed by atoms with Crippen molar-refractivity contribution >= 4 is 23.0 Å². The molecule has 0 fully saturated rings. The van der Waals surface area contributed by atoms with Gasteiger partial charge in [0.25, 0.3) is 11.4 Å². The van der Waals surface area contributed by atoms with Gasteiger partial charge in [-0.2, -0.15) is 5.10 Å². The minimum Gasteiger partial charge on any atom is -0.258 e. The molecular weight excluding hydrogens is 376 g/mol. The molecule has 0 amide bonds. The van der Waals surface area contributed by atoms with Crippen molar-refractivity contribution in [1.29, 1.82) is 0 Å². The van der Waals surface area contributed by atoms with Crippen LogP contribution in [0.3, 0.4) is 0 Å². The summed E-state index contributed by atoms with van der Waals surface area (Å²) in [5.41, 5.74) is 2.95. The number of rotatable bonds is 3. The maximum Gasteiger partial charge on any atom is 0.287 e. The van der Waals surface area contributed by atoms with Gasteiger partial charge < -0.3 is 0 Å². The number of pyridine rings is 2. The van der Waals surface area contributed by atoms with Crippen LogP contribution in [0.5, 0.6) is 0 Å². The molecular formula is C16H15ClN6O4. The molecule has 3 aromatic rings. The van der Waals surface area contributed by atoms with Crippen LogP contribution in [0.2, 0.25) is 5.15 Å². The molecule has 0 radical (unpaired) electrons. The average Bonchev–Trinajstić information content (AvgIpc) is 2.90. The summed E-state index contributed by atoms with van der Waals surface area (Å²) in [5, 5.41) is 25.1.